The lowest BCUT2D eigenvalue weighted by molar-refractivity contribution is 0.728. The van der Waals surface area contributed by atoms with Crippen LogP contribution in [0, 0.1) is 32.1 Å². The van der Waals surface area contributed by atoms with Gasteiger partial charge in [-0.1, -0.05) is 17.7 Å². The molecule has 1 heterocycles. The average molecular weight is 297 g/mol. The molecule has 1 aliphatic heterocycles. The highest BCUT2D eigenvalue weighted by Gasteiger charge is 2.24. The van der Waals surface area contributed by atoms with Crippen LogP contribution in [0.5, 0.6) is 0 Å². The van der Waals surface area contributed by atoms with E-state index in [4.69, 9.17) is 5.41 Å². The first-order chi connectivity index (χ1) is 10.6. The number of hydrogen-bond donors (Lipinski definition) is 2. The minimum atomic E-state index is 0.671. The van der Waals surface area contributed by atoms with Gasteiger partial charge in [-0.2, -0.15) is 0 Å². The topological polar surface area (TPSA) is 39.1 Å². The molecule has 0 radical (unpaired) electrons. The number of benzene rings is 1. The molecule has 1 saturated carbocycles. The van der Waals surface area contributed by atoms with Crippen LogP contribution in [-0.2, 0) is 0 Å². The van der Waals surface area contributed by atoms with E-state index >= 15 is 0 Å². The summed E-state index contributed by atoms with van der Waals surface area (Å²) in [5.41, 5.74) is 6.21. The number of piperidine rings is 1. The molecule has 0 bridgehead atoms. The van der Waals surface area contributed by atoms with Crippen LogP contribution in [0.25, 0.3) is 0 Å². The van der Waals surface area contributed by atoms with E-state index in [9.17, 15) is 0 Å². The molecular formula is C19H27N3. The van der Waals surface area contributed by atoms with Gasteiger partial charge in [0, 0.05) is 30.5 Å². The van der Waals surface area contributed by atoms with E-state index in [0.29, 0.717) is 5.84 Å². The van der Waals surface area contributed by atoms with Crippen molar-refractivity contribution in [2.75, 3.05) is 18.0 Å². The second kappa shape index (κ2) is 6.15. The van der Waals surface area contributed by atoms with Gasteiger partial charge in [-0.15, -0.1) is 0 Å². The first-order valence-corrected chi connectivity index (χ1v) is 8.43. The van der Waals surface area contributed by atoms with E-state index in [-0.39, 0.29) is 0 Å². The molecule has 0 unspecified atom stereocenters. The summed E-state index contributed by atoms with van der Waals surface area (Å²) in [5, 5.41) is 12.0. The lowest BCUT2D eigenvalue weighted by atomic mass is 9.99. The van der Waals surface area contributed by atoms with Gasteiger partial charge in [0.1, 0.15) is 5.84 Å². The van der Waals surface area contributed by atoms with Gasteiger partial charge in [-0.3, -0.25) is 5.41 Å². The van der Waals surface area contributed by atoms with Crippen LogP contribution in [0.4, 0.5) is 5.69 Å². The van der Waals surface area contributed by atoms with Gasteiger partial charge in [-0.05, 0) is 63.5 Å². The minimum absolute atomic E-state index is 0.671. The summed E-state index contributed by atoms with van der Waals surface area (Å²) in [5.74, 6) is 1.54. The lowest BCUT2D eigenvalue weighted by Crippen LogP contribution is -2.38. The molecule has 22 heavy (non-hydrogen) atoms. The standard InChI is InChI=1S/C19H27N3/c1-13-9-14(2)18(15(3)10-13)22-8-4-5-17(19(22)20)12-21-11-16-6-7-16/h9-10,12,16,20-21H,4-8,11H2,1-3H3/b17-12+,20-19?. The Bertz CT molecular complexity index is 588. The zero-order chi connectivity index (χ0) is 15.7. The van der Waals surface area contributed by atoms with Gasteiger partial charge in [0.15, 0.2) is 0 Å². The van der Waals surface area contributed by atoms with Crippen molar-refractivity contribution in [2.24, 2.45) is 5.92 Å². The van der Waals surface area contributed by atoms with E-state index in [1.165, 1.54) is 35.2 Å². The molecule has 118 valence electrons. The Balaban J connectivity index is 1.80. The smallest absolute Gasteiger partial charge is 0.129 e. The third-order valence-corrected chi connectivity index (χ3v) is 4.69. The maximum atomic E-state index is 8.61. The average Bonchev–Trinajstić information content (AvgIpc) is 3.25. The van der Waals surface area contributed by atoms with Crippen LogP contribution in [0.15, 0.2) is 23.9 Å². The number of amidine groups is 1. The maximum Gasteiger partial charge on any atom is 0.129 e. The van der Waals surface area contributed by atoms with Crippen molar-refractivity contribution in [1.29, 1.82) is 5.41 Å². The van der Waals surface area contributed by atoms with E-state index in [1.54, 1.807) is 0 Å². The van der Waals surface area contributed by atoms with Crippen molar-refractivity contribution in [1.82, 2.24) is 5.32 Å². The maximum absolute atomic E-state index is 8.61. The summed E-state index contributed by atoms with van der Waals surface area (Å²) >= 11 is 0. The fourth-order valence-electron chi connectivity index (χ4n) is 3.46. The third kappa shape index (κ3) is 3.18. The van der Waals surface area contributed by atoms with E-state index < -0.39 is 0 Å². The number of hydrogen-bond acceptors (Lipinski definition) is 2. The highest BCUT2D eigenvalue weighted by atomic mass is 15.2. The Hall–Kier alpha value is -1.77. The van der Waals surface area contributed by atoms with Gasteiger partial charge in [0.05, 0.1) is 0 Å². The molecule has 2 fully saturated rings. The Morgan fingerprint density at radius 3 is 2.55 bits per heavy atom. The van der Waals surface area contributed by atoms with Gasteiger partial charge in [0.25, 0.3) is 0 Å². The molecule has 1 aromatic carbocycles. The van der Waals surface area contributed by atoms with Crippen molar-refractivity contribution >= 4 is 11.5 Å². The Kier molecular flexibility index (Phi) is 4.23. The predicted octanol–water partition coefficient (Wildman–Crippen LogP) is 4.07. The molecule has 3 rings (SSSR count). The summed E-state index contributed by atoms with van der Waals surface area (Å²) in [6.45, 7) is 8.47. The van der Waals surface area contributed by atoms with Crippen molar-refractivity contribution in [3.63, 3.8) is 0 Å². The Morgan fingerprint density at radius 2 is 1.91 bits per heavy atom. The van der Waals surface area contributed by atoms with E-state index in [0.717, 1.165) is 37.4 Å². The molecule has 0 atom stereocenters. The molecule has 0 aromatic heterocycles. The quantitative estimate of drug-likeness (QED) is 0.879. The highest BCUT2D eigenvalue weighted by Crippen LogP contribution is 2.31. The summed E-state index contributed by atoms with van der Waals surface area (Å²) < 4.78 is 0. The van der Waals surface area contributed by atoms with Crippen molar-refractivity contribution in [3.05, 3.63) is 40.6 Å². The van der Waals surface area contributed by atoms with Gasteiger partial charge in [-0.25, -0.2) is 0 Å². The summed E-state index contributed by atoms with van der Waals surface area (Å²) in [7, 11) is 0. The summed E-state index contributed by atoms with van der Waals surface area (Å²) in [6, 6.07) is 4.44. The van der Waals surface area contributed by atoms with Gasteiger partial charge >= 0.3 is 0 Å². The van der Waals surface area contributed by atoms with Crippen LogP contribution in [0.2, 0.25) is 0 Å². The summed E-state index contributed by atoms with van der Waals surface area (Å²) in [4.78, 5) is 2.19. The molecule has 1 saturated heterocycles. The number of nitrogens with zero attached hydrogens (tertiary/aromatic N) is 1. The molecule has 1 aromatic rings. The monoisotopic (exact) mass is 297 g/mol. The van der Waals surface area contributed by atoms with Crippen LogP contribution in [0.1, 0.15) is 42.4 Å². The summed E-state index contributed by atoms with van der Waals surface area (Å²) in [6.07, 6.45) is 6.94. The molecule has 3 nitrogen and oxygen atoms in total. The number of anilines is 1. The normalized spacial score (nSPS) is 20.6. The third-order valence-electron chi connectivity index (χ3n) is 4.69. The van der Waals surface area contributed by atoms with Crippen LogP contribution in [-0.4, -0.2) is 18.9 Å². The van der Waals surface area contributed by atoms with Crippen LogP contribution >= 0.6 is 0 Å². The second-order valence-corrected chi connectivity index (χ2v) is 6.87. The van der Waals surface area contributed by atoms with Crippen LogP contribution < -0.4 is 10.2 Å². The fraction of sp³-hybridized carbons (Fsp3) is 0.526. The van der Waals surface area contributed by atoms with Gasteiger partial charge in [0.2, 0.25) is 0 Å². The first-order valence-electron chi connectivity index (χ1n) is 8.43. The Morgan fingerprint density at radius 1 is 1.23 bits per heavy atom. The Labute approximate surface area is 133 Å². The van der Waals surface area contributed by atoms with Crippen molar-refractivity contribution in [2.45, 2.75) is 46.5 Å². The van der Waals surface area contributed by atoms with Crippen molar-refractivity contribution in [3.8, 4) is 0 Å². The second-order valence-electron chi connectivity index (χ2n) is 6.87. The zero-order valence-electron chi connectivity index (χ0n) is 14.0. The van der Waals surface area contributed by atoms with Gasteiger partial charge < -0.3 is 10.2 Å². The SMILES string of the molecule is Cc1cc(C)c(N2CCC/C(=C\NCC3CC3)C2=N)c(C)c1. The number of aryl methyl sites for hydroxylation is 3. The first kappa shape index (κ1) is 15.1. The lowest BCUT2D eigenvalue weighted by Gasteiger charge is -2.33. The molecule has 1 aliphatic carbocycles. The zero-order valence-corrected chi connectivity index (χ0v) is 14.0. The number of nitrogens with one attached hydrogen (secondary N) is 2. The molecule has 2 N–H and O–H groups in total. The minimum Gasteiger partial charge on any atom is -0.390 e. The molecule has 2 aliphatic rings. The van der Waals surface area contributed by atoms with Crippen molar-refractivity contribution < 1.29 is 0 Å². The fourth-order valence-corrected chi connectivity index (χ4v) is 3.46. The largest absolute Gasteiger partial charge is 0.390 e. The predicted molar refractivity (Wildman–Crippen MR) is 93.8 cm³/mol. The molecule has 3 heteroatoms. The van der Waals surface area contributed by atoms with E-state index in [2.05, 4.69) is 49.3 Å². The van der Waals surface area contributed by atoms with Crippen LogP contribution in [0.3, 0.4) is 0 Å². The number of rotatable bonds is 4. The van der Waals surface area contributed by atoms with E-state index in [1.807, 2.05) is 0 Å². The molecular weight excluding hydrogens is 270 g/mol. The molecule has 0 spiro atoms. The molecule has 0 amide bonds. The highest BCUT2D eigenvalue weighted by molar-refractivity contribution is 6.09.